The maximum absolute atomic E-state index is 11.7. The van der Waals surface area contributed by atoms with Crippen molar-refractivity contribution in [1.82, 2.24) is 0 Å². The quantitative estimate of drug-likeness (QED) is 0.718. The molecular formula is C14H16O7. The molecule has 0 radical (unpaired) electrons. The lowest BCUT2D eigenvalue weighted by Crippen LogP contribution is -2.25. The van der Waals surface area contributed by atoms with Crippen LogP contribution in [-0.2, 0) is 14.3 Å². The van der Waals surface area contributed by atoms with Crippen LogP contribution in [0.3, 0.4) is 0 Å². The average Bonchev–Trinajstić information content (AvgIpc) is 2.44. The molecule has 0 aromatic heterocycles. The minimum Gasteiger partial charge on any atom is -0.478 e. The molecule has 114 valence electrons. The van der Waals surface area contributed by atoms with Gasteiger partial charge in [-0.05, 0) is 24.3 Å². The van der Waals surface area contributed by atoms with E-state index in [0.717, 1.165) is 0 Å². The number of hydrogen-bond acceptors (Lipinski definition) is 6. The van der Waals surface area contributed by atoms with Crippen molar-refractivity contribution in [2.75, 3.05) is 13.2 Å². The molecule has 1 rings (SSSR count). The molecule has 0 fully saturated rings. The van der Waals surface area contributed by atoms with E-state index in [-0.39, 0.29) is 30.8 Å². The zero-order valence-corrected chi connectivity index (χ0v) is 11.4. The summed E-state index contributed by atoms with van der Waals surface area (Å²) in [6.07, 6.45) is -0.556. The largest absolute Gasteiger partial charge is 0.478 e. The van der Waals surface area contributed by atoms with Gasteiger partial charge in [-0.2, -0.15) is 0 Å². The topological polar surface area (TPSA) is 110 Å². The Hall–Kier alpha value is -2.41. The molecule has 0 saturated carbocycles. The Labute approximate surface area is 121 Å². The van der Waals surface area contributed by atoms with Crippen molar-refractivity contribution < 1.29 is 34.1 Å². The van der Waals surface area contributed by atoms with Gasteiger partial charge in [0.05, 0.1) is 11.1 Å². The summed E-state index contributed by atoms with van der Waals surface area (Å²) in [4.78, 5) is 33.3. The Morgan fingerprint density at radius 2 is 1.71 bits per heavy atom. The number of carbonyl (C=O) groups is 3. The first kappa shape index (κ1) is 16.6. The molecule has 1 atom stereocenters. The fraction of sp³-hybridized carbons (Fsp3) is 0.357. The van der Waals surface area contributed by atoms with Gasteiger partial charge in [0.15, 0.2) is 0 Å². The molecule has 0 aliphatic heterocycles. The molecule has 7 nitrogen and oxygen atoms in total. The first-order chi connectivity index (χ1) is 9.93. The third-order valence-electron chi connectivity index (χ3n) is 2.55. The monoisotopic (exact) mass is 296 g/mol. The predicted molar refractivity (Wildman–Crippen MR) is 70.9 cm³/mol. The van der Waals surface area contributed by atoms with E-state index in [9.17, 15) is 14.4 Å². The van der Waals surface area contributed by atoms with E-state index >= 15 is 0 Å². The number of aliphatic hydroxyl groups is 1. The molecule has 7 heteroatoms. The van der Waals surface area contributed by atoms with Crippen molar-refractivity contribution in [3.8, 4) is 0 Å². The zero-order chi connectivity index (χ0) is 15.8. The summed E-state index contributed by atoms with van der Waals surface area (Å²) in [5.74, 6) is -2.29. The molecule has 0 bridgehead atoms. The van der Waals surface area contributed by atoms with Gasteiger partial charge in [-0.1, -0.05) is 0 Å². The van der Waals surface area contributed by atoms with Crippen LogP contribution in [-0.4, -0.2) is 47.4 Å². The molecule has 1 aromatic rings. The Balaban J connectivity index is 2.58. The molecule has 2 N–H and O–H groups in total. The van der Waals surface area contributed by atoms with Crippen LogP contribution in [0.5, 0.6) is 0 Å². The summed E-state index contributed by atoms with van der Waals surface area (Å²) in [7, 11) is 0. The maximum Gasteiger partial charge on any atom is 0.338 e. The van der Waals surface area contributed by atoms with E-state index in [1.807, 2.05) is 0 Å². The van der Waals surface area contributed by atoms with Crippen LogP contribution in [0.4, 0.5) is 0 Å². The minimum absolute atomic E-state index is 0.0598. The summed E-state index contributed by atoms with van der Waals surface area (Å²) in [6, 6.07) is 5.24. The number of benzene rings is 1. The van der Waals surface area contributed by atoms with Crippen molar-refractivity contribution in [2.24, 2.45) is 0 Å². The van der Waals surface area contributed by atoms with E-state index < -0.39 is 24.0 Å². The molecule has 0 heterocycles. The number of aliphatic hydroxyl groups excluding tert-OH is 1. The normalized spacial score (nSPS) is 11.5. The predicted octanol–water partition coefficient (Wildman–Crippen LogP) is 0.856. The Morgan fingerprint density at radius 3 is 2.19 bits per heavy atom. The molecular weight excluding hydrogens is 280 g/mol. The lowest BCUT2D eigenvalue weighted by molar-refractivity contribution is -0.149. The number of hydrogen-bond donors (Lipinski definition) is 2. The number of carboxylic acid groups (broad SMARTS) is 1. The van der Waals surface area contributed by atoms with Gasteiger partial charge in [0.25, 0.3) is 0 Å². The smallest absolute Gasteiger partial charge is 0.338 e. The van der Waals surface area contributed by atoms with Gasteiger partial charge in [-0.15, -0.1) is 0 Å². The van der Waals surface area contributed by atoms with Gasteiger partial charge in [-0.25, -0.2) is 9.59 Å². The molecule has 0 spiro atoms. The van der Waals surface area contributed by atoms with E-state index in [4.69, 9.17) is 19.7 Å². The highest BCUT2D eigenvalue weighted by atomic mass is 16.6. The van der Waals surface area contributed by atoms with Crippen LogP contribution in [0.25, 0.3) is 0 Å². The summed E-state index contributed by atoms with van der Waals surface area (Å²) in [6.45, 7) is 0.833. The maximum atomic E-state index is 11.7. The van der Waals surface area contributed by atoms with Crippen molar-refractivity contribution in [2.45, 2.75) is 19.4 Å². The molecule has 0 aliphatic carbocycles. The Morgan fingerprint density at radius 1 is 1.14 bits per heavy atom. The Bertz CT molecular complexity index is 507. The molecule has 0 aliphatic rings. The molecule has 21 heavy (non-hydrogen) atoms. The lowest BCUT2D eigenvalue weighted by atomic mass is 10.1. The number of esters is 2. The Kier molecular flexibility index (Phi) is 6.35. The SMILES string of the molecule is CC(=O)OC(CCO)COC(=O)c1ccc(C(=O)O)cc1. The van der Waals surface area contributed by atoms with E-state index in [1.165, 1.54) is 31.2 Å². The van der Waals surface area contributed by atoms with Gasteiger partial charge in [-0.3, -0.25) is 4.79 Å². The summed E-state index contributed by atoms with van der Waals surface area (Å²) in [5.41, 5.74) is 0.246. The van der Waals surface area contributed by atoms with E-state index in [1.54, 1.807) is 0 Å². The third-order valence-corrected chi connectivity index (χ3v) is 2.55. The highest BCUT2D eigenvalue weighted by molar-refractivity contribution is 5.92. The summed E-state index contributed by atoms with van der Waals surface area (Å²) < 4.78 is 9.84. The number of carbonyl (C=O) groups excluding carboxylic acids is 2. The van der Waals surface area contributed by atoms with Crippen LogP contribution < -0.4 is 0 Å². The lowest BCUT2D eigenvalue weighted by Gasteiger charge is -2.15. The number of ether oxygens (including phenoxy) is 2. The second-order valence-electron chi connectivity index (χ2n) is 4.22. The van der Waals surface area contributed by atoms with E-state index in [2.05, 4.69) is 0 Å². The van der Waals surface area contributed by atoms with Crippen LogP contribution >= 0.6 is 0 Å². The zero-order valence-electron chi connectivity index (χ0n) is 11.4. The van der Waals surface area contributed by atoms with Gasteiger partial charge >= 0.3 is 17.9 Å². The van der Waals surface area contributed by atoms with Crippen LogP contribution in [0.1, 0.15) is 34.1 Å². The second-order valence-corrected chi connectivity index (χ2v) is 4.22. The number of rotatable bonds is 7. The van der Waals surface area contributed by atoms with Crippen LogP contribution in [0.2, 0.25) is 0 Å². The van der Waals surface area contributed by atoms with Crippen molar-refractivity contribution in [3.05, 3.63) is 35.4 Å². The summed E-state index contributed by atoms with van der Waals surface area (Å²) in [5, 5.41) is 17.6. The second kappa shape index (κ2) is 8.01. The average molecular weight is 296 g/mol. The third kappa shape index (κ3) is 5.62. The molecule has 1 unspecified atom stereocenters. The van der Waals surface area contributed by atoms with Crippen molar-refractivity contribution >= 4 is 17.9 Å². The van der Waals surface area contributed by atoms with Gasteiger partial charge < -0.3 is 19.7 Å². The standard InChI is InChI=1S/C14H16O7/c1-9(16)21-12(6-7-15)8-20-14(19)11-4-2-10(3-5-11)13(17)18/h2-5,12,15H,6-8H2,1H3,(H,17,18). The minimum atomic E-state index is -1.09. The van der Waals surface area contributed by atoms with Gasteiger partial charge in [0, 0.05) is 20.0 Å². The molecule has 0 amide bonds. The first-order valence-corrected chi connectivity index (χ1v) is 6.22. The number of carboxylic acids is 1. The highest BCUT2D eigenvalue weighted by Gasteiger charge is 2.16. The fourth-order valence-corrected chi connectivity index (χ4v) is 1.56. The highest BCUT2D eigenvalue weighted by Crippen LogP contribution is 2.08. The van der Waals surface area contributed by atoms with Crippen LogP contribution in [0, 0.1) is 0 Å². The summed E-state index contributed by atoms with van der Waals surface area (Å²) >= 11 is 0. The van der Waals surface area contributed by atoms with E-state index in [0.29, 0.717) is 0 Å². The van der Waals surface area contributed by atoms with Gasteiger partial charge in [0.2, 0.25) is 0 Å². The van der Waals surface area contributed by atoms with Gasteiger partial charge in [0.1, 0.15) is 12.7 Å². The van der Waals surface area contributed by atoms with Crippen molar-refractivity contribution in [3.63, 3.8) is 0 Å². The molecule has 0 saturated heterocycles. The van der Waals surface area contributed by atoms with Crippen molar-refractivity contribution in [1.29, 1.82) is 0 Å². The molecule has 1 aromatic carbocycles. The number of aromatic carboxylic acids is 1. The fourth-order valence-electron chi connectivity index (χ4n) is 1.56. The van der Waals surface area contributed by atoms with Crippen LogP contribution in [0.15, 0.2) is 24.3 Å². The first-order valence-electron chi connectivity index (χ1n) is 6.22.